The van der Waals surface area contributed by atoms with Crippen molar-refractivity contribution in [3.8, 4) is 0 Å². The Morgan fingerprint density at radius 2 is 2.29 bits per heavy atom. The van der Waals surface area contributed by atoms with Gasteiger partial charge in [0.05, 0.1) is 11.5 Å². The zero-order valence-electron chi connectivity index (χ0n) is 9.89. The Labute approximate surface area is 102 Å². The van der Waals surface area contributed by atoms with Crippen LogP contribution >= 0.6 is 0 Å². The molecular weight excluding hydrogens is 238 g/mol. The van der Waals surface area contributed by atoms with Crippen LogP contribution in [0.15, 0.2) is 12.4 Å². The number of hydrogen-bond donors (Lipinski definition) is 1. The van der Waals surface area contributed by atoms with E-state index >= 15 is 0 Å². The number of hydrogen-bond acceptors (Lipinski definition) is 5. The third-order valence-corrected chi connectivity index (χ3v) is 4.72. The molecule has 1 saturated heterocycles. The quantitative estimate of drug-likeness (QED) is 0.873. The van der Waals surface area contributed by atoms with Gasteiger partial charge in [0.25, 0.3) is 0 Å². The van der Waals surface area contributed by atoms with E-state index in [1.54, 1.807) is 0 Å². The predicted octanol–water partition coefficient (Wildman–Crippen LogP) is 1.03. The summed E-state index contributed by atoms with van der Waals surface area (Å²) in [4.78, 5) is 8.22. The Balaban J connectivity index is 2.05. The average molecular weight is 255 g/mol. The number of anilines is 1. The summed E-state index contributed by atoms with van der Waals surface area (Å²) in [5.74, 6) is 1.24. The standard InChI is InChI=1S/C11H17N3O2S/c1-2-9-6-11(13-8-12-9)14-10-4-3-5-17(15,16)7-10/h6,8,10H,2-5,7H2,1H3,(H,12,13,14). The van der Waals surface area contributed by atoms with Crippen LogP contribution in [-0.4, -0.2) is 35.9 Å². The van der Waals surface area contributed by atoms with Crippen LogP contribution in [0.2, 0.25) is 0 Å². The van der Waals surface area contributed by atoms with Gasteiger partial charge in [0.15, 0.2) is 9.84 Å². The molecule has 0 aliphatic carbocycles. The molecule has 1 aromatic heterocycles. The van der Waals surface area contributed by atoms with E-state index in [2.05, 4.69) is 15.3 Å². The van der Waals surface area contributed by atoms with Gasteiger partial charge in [-0.05, 0) is 19.3 Å². The van der Waals surface area contributed by atoms with E-state index in [0.717, 1.165) is 30.8 Å². The van der Waals surface area contributed by atoms with Gasteiger partial charge in [0.2, 0.25) is 0 Å². The second-order valence-electron chi connectivity index (χ2n) is 4.35. The van der Waals surface area contributed by atoms with E-state index in [1.807, 2.05) is 13.0 Å². The van der Waals surface area contributed by atoms with Gasteiger partial charge in [-0.2, -0.15) is 0 Å². The van der Waals surface area contributed by atoms with Gasteiger partial charge in [-0.15, -0.1) is 0 Å². The number of aryl methyl sites for hydroxylation is 1. The average Bonchev–Trinajstić information content (AvgIpc) is 2.28. The fraction of sp³-hybridized carbons (Fsp3) is 0.636. The minimum absolute atomic E-state index is 0.0200. The molecule has 1 N–H and O–H groups in total. The SMILES string of the molecule is CCc1cc(NC2CCCS(=O)(=O)C2)ncn1. The monoisotopic (exact) mass is 255 g/mol. The van der Waals surface area contributed by atoms with Crippen molar-refractivity contribution in [1.82, 2.24) is 9.97 Å². The van der Waals surface area contributed by atoms with Crippen LogP contribution in [0.4, 0.5) is 5.82 Å². The fourth-order valence-electron chi connectivity index (χ4n) is 2.02. The summed E-state index contributed by atoms with van der Waals surface area (Å²) >= 11 is 0. The molecule has 2 rings (SSSR count). The maximum absolute atomic E-state index is 11.5. The third kappa shape index (κ3) is 3.39. The Morgan fingerprint density at radius 1 is 1.47 bits per heavy atom. The molecule has 0 amide bonds. The van der Waals surface area contributed by atoms with E-state index in [0.29, 0.717) is 5.75 Å². The van der Waals surface area contributed by atoms with Crippen molar-refractivity contribution in [3.05, 3.63) is 18.1 Å². The molecule has 0 saturated carbocycles. The van der Waals surface area contributed by atoms with E-state index < -0.39 is 9.84 Å². The Bertz CT molecular complexity index is 487. The van der Waals surface area contributed by atoms with Crippen LogP contribution in [0.5, 0.6) is 0 Å². The van der Waals surface area contributed by atoms with Crippen molar-refractivity contribution < 1.29 is 8.42 Å². The van der Waals surface area contributed by atoms with Crippen LogP contribution < -0.4 is 5.32 Å². The molecule has 2 heterocycles. The molecule has 1 atom stereocenters. The van der Waals surface area contributed by atoms with Crippen molar-refractivity contribution in [1.29, 1.82) is 0 Å². The first-order valence-electron chi connectivity index (χ1n) is 5.87. The van der Waals surface area contributed by atoms with Crippen LogP contribution in [-0.2, 0) is 16.3 Å². The highest BCUT2D eigenvalue weighted by Gasteiger charge is 2.24. The minimum atomic E-state index is -2.87. The second kappa shape index (κ2) is 5.00. The lowest BCUT2D eigenvalue weighted by molar-refractivity contribution is 0.561. The van der Waals surface area contributed by atoms with E-state index in [4.69, 9.17) is 0 Å². The molecule has 1 fully saturated rings. The summed E-state index contributed by atoms with van der Waals surface area (Å²) in [5, 5.41) is 3.18. The first kappa shape index (κ1) is 12.3. The Morgan fingerprint density at radius 3 is 3.00 bits per heavy atom. The predicted molar refractivity (Wildman–Crippen MR) is 66.7 cm³/mol. The Kier molecular flexibility index (Phi) is 3.61. The molecule has 1 aliphatic heterocycles. The van der Waals surface area contributed by atoms with E-state index in [-0.39, 0.29) is 11.8 Å². The fourth-order valence-corrected chi connectivity index (χ4v) is 3.65. The maximum atomic E-state index is 11.5. The Hall–Kier alpha value is -1.17. The summed E-state index contributed by atoms with van der Waals surface area (Å²) < 4.78 is 23.0. The highest BCUT2D eigenvalue weighted by Crippen LogP contribution is 2.16. The first-order chi connectivity index (χ1) is 8.09. The van der Waals surface area contributed by atoms with Crippen molar-refractivity contribution >= 4 is 15.7 Å². The molecular formula is C11H17N3O2S. The molecule has 17 heavy (non-hydrogen) atoms. The summed E-state index contributed by atoms with van der Waals surface area (Å²) in [6.45, 7) is 2.02. The molecule has 1 aliphatic rings. The minimum Gasteiger partial charge on any atom is -0.366 e. The van der Waals surface area contributed by atoms with Crippen molar-refractivity contribution in [2.75, 3.05) is 16.8 Å². The summed E-state index contributed by atoms with van der Waals surface area (Å²) in [6, 6.07) is 1.86. The zero-order chi connectivity index (χ0) is 12.3. The van der Waals surface area contributed by atoms with Gasteiger partial charge in [-0.1, -0.05) is 6.92 Å². The molecule has 0 spiro atoms. The van der Waals surface area contributed by atoms with Crippen LogP contribution in [0.3, 0.4) is 0 Å². The molecule has 1 aromatic rings. The van der Waals surface area contributed by atoms with Gasteiger partial charge < -0.3 is 5.32 Å². The molecule has 0 aromatic carbocycles. The molecule has 6 heteroatoms. The lowest BCUT2D eigenvalue weighted by Crippen LogP contribution is -2.35. The van der Waals surface area contributed by atoms with Gasteiger partial charge in [0.1, 0.15) is 12.1 Å². The van der Waals surface area contributed by atoms with Gasteiger partial charge in [-0.25, -0.2) is 18.4 Å². The smallest absolute Gasteiger partial charge is 0.152 e. The number of sulfone groups is 1. The third-order valence-electron chi connectivity index (χ3n) is 2.90. The summed E-state index contributed by atoms with van der Waals surface area (Å²) in [5.41, 5.74) is 0.959. The van der Waals surface area contributed by atoms with Crippen LogP contribution in [0.1, 0.15) is 25.5 Å². The van der Waals surface area contributed by atoms with E-state index in [9.17, 15) is 8.42 Å². The van der Waals surface area contributed by atoms with Crippen molar-refractivity contribution in [3.63, 3.8) is 0 Å². The lowest BCUT2D eigenvalue weighted by Gasteiger charge is -2.23. The van der Waals surface area contributed by atoms with Gasteiger partial charge >= 0.3 is 0 Å². The molecule has 0 radical (unpaired) electrons. The highest BCUT2D eigenvalue weighted by molar-refractivity contribution is 7.91. The topological polar surface area (TPSA) is 72.0 Å². The molecule has 1 unspecified atom stereocenters. The largest absolute Gasteiger partial charge is 0.366 e. The van der Waals surface area contributed by atoms with Crippen molar-refractivity contribution in [2.24, 2.45) is 0 Å². The van der Waals surface area contributed by atoms with Gasteiger partial charge in [0, 0.05) is 17.8 Å². The van der Waals surface area contributed by atoms with Crippen LogP contribution in [0.25, 0.3) is 0 Å². The summed E-state index contributed by atoms with van der Waals surface area (Å²) in [7, 11) is -2.87. The molecule has 5 nitrogen and oxygen atoms in total. The molecule has 94 valence electrons. The number of nitrogens with zero attached hydrogens (tertiary/aromatic N) is 2. The number of aromatic nitrogens is 2. The number of nitrogens with one attached hydrogen (secondary N) is 1. The summed E-state index contributed by atoms with van der Waals surface area (Å²) in [6.07, 6.45) is 3.97. The number of rotatable bonds is 3. The zero-order valence-corrected chi connectivity index (χ0v) is 10.7. The highest BCUT2D eigenvalue weighted by atomic mass is 32.2. The maximum Gasteiger partial charge on any atom is 0.152 e. The second-order valence-corrected chi connectivity index (χ2v) is 6.57. The first-order valence-corrected chi connectivity index (χ1v) is 7.69. The van der Waals surface area contributed by atoms with Crippen molar-refractivity contribution in [2.45, 2.75) is 32.2 Å². The normalized spacial score (nSPS) is 23.2. The molecule has 0 bridgehead atoms. The van der Waals surface area contributed by atoms with Crippen LogP contribution in [0, 0.1) is 0 Å². The van der Waals surface area contributed by atoms with E-state index in [1.165, 1.54) is 6.33 Å². The van der Waals surface area contributed by atoms with Gasteiger partial charge in [-0.3, -0.25) is 0 Å². The lowest BCUT2D eigenvalue weighted by atomic mass is 10.2.